The van der Waals surface area contributed by atoms with Crippen LogP contribution < -0.4 is 16.0 Å². The van der Waals surface area contributed by atoms with E-state index in [2.05, 4.69) is 21.1 Å². The van der Waals surface area contributed by atoms with Gasteiger partial charge >= 0.3 is 0 Å². The van der Waals surface area contributed by atoms with Crippen LogP contribution in [0.3, 0.4) is 0 Å². The van der Waals surface area contributed by atoms with E-state index in [4.69, 9.17) is 10.5 Å². The summed E-state index contributed by atoms with van der Waals surface area (Å²) in [6.45, 7) is 1.71. The largest absolute Gasteiger partial charge is 0.467 e. The first-order valence-electron chi connectivity index (χ1n) is 10.1. The van der Waals surface area contributed by atoms with Crippen LogP contribution in [-0.4, -0.2) is 24.3 Å². The molecule has 0 spiro atoms. The van der Waals surface area contributed by atoms with Gasteiger partial charge in [0.05, 0.1) is 28.8 Å². The number of nitrogens with zero attached hydrogens (tertiary/aromatic N) is 6. The number of pyridine rings is 1. The number of benzene rings is 1. The Kier molecular flexibility index (Phi) is 4.67. The van der Waals surface area contributed by atoms with Crippen LogP contribution in [-0.2, 0) is 13.5 Å². The molecule has 2 N–H and O–H groups in total. The van der Waals surface area contributed by atoms with Gasteiger partial charge in [-0.3, -0.25) is 14.0 Å². The maximum atomic E-state index is 14.2. The number of halogens is 1. The molecule has 33 heavy (non-hydrogen) atoms. The molecule has 1 atom stereocenters. The van der Waals surface area contributed by atoms with Crippen LogP contribution in [0.4, 0.5) is 10.2 Å². The number of hydrogen-bond donors (Lipinski definition) is 1. The van der Waals surface area contributed by atoms with Gasteiger partial charge in [-0.1, -0.05) is 6.07 Å². The van der Waals surface area contributed by atoms with Gasteiger partial charge in [-0.05, 0) is 31.2 Å². The lowest BCUT2D eigenvalue weighted by Crippen LogP contribution is -2.24. The van der Waals surface area contributed by atoms with Crippen molar-refractivity contribution in [2.75, 3.05) is 5.73 Å². The monoisotopic (exact) mass is 443 g/mol. The first-order chi connectivity index (χ1) is 15.9. The Hall–Kier alpha value is -4.52. The molecule has 1 aliphatic heterocycles. The Labute approximate surface area is 187 Å². The van der Waals surface area contributed by atoms with Gasteiger partial charge in [0.15, 0.2) is 5.82 Å². The van der Waals surface area contributed by atoms with Crippen molar-refractivity contribution in [3.63, 3.8) is 0 Å². The predicted octanol–water partition coefficient (Wildman–Crippen LogP) is 2.67. The second-order valence-electron chi connectivity index (χ2n) is 7.68. The van der Waals surface area contributed by atoms with E-state index in [-0.39, 0.29) is 29.4 Å². The number of aryl methyl sites for hydroxylation is 1. The Morgan fingerprint density at radius 2 is 2.12 bits per heavy atom. The van der Waals surface area contributed by atoms with Crippen molar-refractivity contribution in [3.05, 3.63) is 81.4 Å². The van der Waals surface area contributed by atoms with Crippen LogP contribution in [0.25, 0.3) is 16.9 Å². The van der Waals surface area contributed by atoms with E-state index < -0.39 is 11.9 Å². The minimum absolute atomic E-state index is 0.0371. The number of rotatable bonds is 0. The van der Waals surface area contributed by atoms with Gasteiger partial charge in [-0.15, -0.1) is 0 Å². The van der Waals surface area contributed by atoms with Crippen molar-refractivity contribution in [2.45, 2.75) is 19.4 Å². The summed E-state index contributed by atoms with van der Waals surface area (Å²) in [6, 6.07) is 11.2. The number of nitrogens with two attached hydrogens (primary N) is 1. The van der Waals surface area contributed by atoms with Crippen LogP contribution in [0.5, 0.6) is 5.88 Å². The second kappa shape index (κ2) is 7.56. The molecule has 4 heterocycles. The molecular weight excluding hydrogens is 425 g/mol. The third-order valence-corrected chi connectivity index (χ3v) is 5.59. The fraction of sp³-hybridized carbons (Fsp3) is 0.174. The van der Waals surface area contributed by atoms with Crippen LogP contribution >= 0.6 is 0 Å². The van der Waals surface area contributed by atoms with E-state index in [0.717, 1.165) is 0 Å². The lowest BCUT2D eigenvalue weighted by molar-refractivity contribution is 0.217. The molecule has 5 rings (SSSR count). The van der Waals surface area contributed by atoms with Crippen molar-refractivity contribution in [2.24, 2.45) is 7.05 Å². The zero-order valence-corrected chi connectivity index (χ0v) is 17.8. The van der Waals surface area contributed by atoms with E-state index in [1.54, 1.807) is 26.1 Å². The van der Waals surface area contributed by atoms with E-state index in [9.17, 15) is 14.4 Å². The molecular formula is C23H18FN7O2. The summed E-state index contributed by atoms with van der Waals surface area (Å²) in [5.41, 5.74) is 8.87. The summed E-state index contributed by atoms with van der Waals surface area (Å²) in [5.74, 6) is -0.391. The van der Waals surface area contributed by atoms with Crippen LogP contribution in [0.15, 0.2) is 47.4 Å². The normalized spacial score (nSPS) is 14.5. The van der Waals surface area contributed by atoms with E-state index in [0.29, 0.717) is 33.9 Å². The average molecular weight is 443 g/mol. The Balaban J connectivity index is 1.88. The van der Waals surface area contributed by atoms with Crippen molar-refractivity contribution in [1.29, 1.82) is 5.26 Å². The molecule has 9 nitrogen and oxygen atoms in total. The molecule has 0 saturated heterocycles. The summed E-state index contributed by atoms with van der Waals surface area (Å²) in [6.07, 6.45) is 0.950. The molecule has 164 valence electrons. The molecule has 10 heteroatoms. The fourth-order valence-corrected chi connectivity index (χ4v) is 4.09. The molecule has 0 fully saturated rings. The lowest BCUT2D eigenvalue weighted by atomic mass is 10.0. The lowest BCUT2D eigenvalue weighted by Gasteiger charge is -2.22. The van der Waals surface area contributed by atoms with E-state index in [1.165, 1.54) is 39.7 Å². The molecule has 0 radical (unpaired) electrons. The standard InChI is InChI=1S/C23H18FN7O2/c1-12-15-8-13(24)6-7-18(15)31-14(4-3-5-20(31)32)9-16-21(19(10-25)30(2)29-16)17-11-27-22(26)23(28-17)33-12/h3-8,11-12H,9H2,1-2H3,(H2,26,27)/t12-/m1/s1. The number of nitrogen functional groups attached to an aromatic ring is 1. The van der Waals surface area contributed by atoms with Gasteiger partial charge in [0.2, 0.25) is 0 Å². The van der Waals surface area contributed by atoms with Gasteiger partial charge in [-0.2, -0.15) is 10.4 Å². The first-order valence-corrected chi connectivity index (χ1v) is 10.1. The SMILES string of the molecule is C[C@H]1Oc2nc(cnc2N)-c2c(nn(C)c2C#N)Cc2cccc(=O)n2-c2ccc(F)cc21. The van der Waals surface area contributed by atoms with Gasteiger partial charge in [0.1, 0.15) is 23.7 Å². The molecule has 0 unspecified atom stereocenters. The van der Waals surface area contributed by atoms with Crippen molar-refractivity contribution < 1.29 is 9.13 Å². The number of fused-ring (bicyclic) bond motifs is 7. The highest BCUT2D eigenvalue weighted by Gasteiger charge is 2.25. The molecule has 2 bridgehead atoms. The highest BCUT2D eigenvalue weighted by Crippen LogP contribution is 2.34. The molecule has 0 amide bonds. The molecule has 1 aliphatic rings. The van der Waals surface area contributed by atoms with Gasteiger partial charge in [0, 0.05) is 30.8 Å². The Morgan fingerprint density at radius 1 is 1.30 bits per heavy atom. The zero-order valence-electron chi connectivity index (χ0n) is 17.8. The van der Waals surface area contributed by atoms with Gasteiger partial charge in [0.25, 0.3) is 11.4 Å². The fourth-order valence-electron chi connectivity index (χ4n) is 4.09. The van der Waals surface area contributed by atoms with Gasteiger partial charge < -0.3 is 10.5 Å². The van der Waals surface area contributed by atoms with Crippen molar-refractivity contribution in [1.82, 2.24) is 24.3 Å². The van der Waals surface area contributed by atoms with Crippen molar-refractivity contribution in [3.8, 4) is 28.9 Å². The minimum atomic E-state index is -0.717. The average Bonchev–Trinajstić information content (AvgIpc) is 3.09. The maximum absolute atomic E-state index is 14.2. The van der Waals surface area contributed by atoms with Crippen LogP contribution in [0.1, 0.15) is 35.7 Å². The second-order valence-corrected chi connectivity index (χ2v) is 7.68. The zero-order chi connectivity index (χ0) is 23.3. The number of ether oxygens (including phenoxy) is 1. The van der Waals surface area contributed by atoms with E-state index in [1.807, 2.05) is 0 Å². The topological polar surface area (TPSA) is 125 Å². The summed E-state index contributed by atoms with van der Waals surface area (Å²) in [4.78, 5) is 21.7. The number of anilines is 1. The quantitative estimate of drug-likeness (QED) is 0.443. The van der Waals surface area contributed by atoms with Crippen LogP contribution in [0.2, 0.25) is 0 Å². The van der Waals surface area contributed by atoms with Crippen LogP contribution in [0, 0.1) is 17.1 Å². The predicted molar refractivity (Wildman–Crippen MR) is 117 cm³/mol. The molecule has 1 aromatic carbocycles. The minimum Gasteiger partial charge on any atom is -0.467 e. The highest BCUT2D eigenvalue weighted by molar-refractivity contribution is 5.70. The Morgan fingerprint density at radius 3 is 2.91 bits per heavy atom. The molecule has 0 aliphatic carbocycles. The third-order valence-electron chi connectivity index (χ3n) is 5.59. The first kappa shape index (κ1) is 20.4. The summed E-state index contributed by atoms with van der Waals surface area (Å²) in [7, 11) is 1.66. The van der Waals surface area contributed by atoms with Gasteiger partial charge in [-0.25, -0.2) is 14.4 Å². The summed E-state index contributed by atoms with van der Waals surface area (Å²) >= 11 is 0. The summed E-state index contributed by atoms with van der Waals surface area (Å²) in [5, 5.41) is 14.3. The summed E-state index contributed by atoms with van der Waals surface area (Å²) < 4.78 is 23.2. The molecule has 0 saturated carbocycles. The maximum Gasteiger partial charge on any atom is 0.258 e. The number of aromatic nitrogens is 5. The Bertz CT molecular complexity index is 1520. The number of hydrogen-bond acceptors (Lipinski definition) is 7. The molecule has 3 aromatic heterocycles. The highest BCUT2D eigenvalue weighted by atomic mass is 19.1. The molecule has 4 aromatic rings. The third kappa shape index (κ3) is 3.30. The smallest absolute Gasteiger partial charge is 0.258 e. The van der Waals surface area contributed by atoms with Crippen molar-refractivity contribution >= 4 is 5.82 Å². The number of nitriles is 1. The van der Waals surface area contributed by atoms with E-state index >= 15 is 0 Å².